The molecule has 2 aromatic carbocycles. The Morgan fingerprint density at radius 1 is 0.810 bits per heavy atom. The third-order valence-corrected chi connectivity index (χ3v) is 15.4. The van der Waals surface area contributed by atoms with Gasteiger partial charge in [-0.2, -0.15) is 0 Å². The number of nitrogens with zero attached hydrogens (tertiary/aromatic N) is 2. The zero-order valence-corrected chi connectivity index (χ0v) is 42.9. The van der Waals surface area contributed by atoms with E-state index in [1.54, 1.807) is 0 Å². The maximum atomic E-state index is 2.86. The molecule has 2 bridgehead atoms. The summed E-state index contributed by atoms with van der Waals surface area (Å²) in [7, 11) is 2.60. The van der Waals surface area contributed by atoms with Gasteiger partial charge in [-0.3, -0.25) is 0 Å². The molecule has 3 aromatic rings. The van der Waals surface area contributed by atoms with E-state index in [1.165, 1.54) is 78.2 Å². The second-order valence-corrected chi connectivity index (χ2v) is 24.9. The molecule has 0 amide bonds. The molecule has 1 aliphatic heterocycles. The predicted octanol–water partition coefficient (Wildman–Crippen LogP) is 15.7. The molecule has 0 saturated heterocycles. The predicted molar refractivity (Wildman–Crippen MR) is 282 cm³/mol. The van der Waals surface area contributed by atoms with Crippen LogP contribution in [0.15, 0.2) is 114 Å². The fourth-order valence-electron chi connectivity index (χ4n) is 9.98. The average Bonchev–Trinajstić information content (AvgIpc) is 3.55. The number of thiophene rings is 1. The largest absolute Gasteiger partial charge is 0.357 e. The highest BCUT2D eigenvalue weighted by molar-refractivity contribution is 7.29. The van der Waals surface area contributed by atoms with Gasteiger partial charge in [0.15, 0.2) is 0 Å². The number of hydrogen-bond acceptors (Lipinski definition) is 3. The SMILES string of the molecule is CC1=C(N2C3=CC(CC=C3)N(C(/C=C/C(C)(C)C)C(C)/C=C/C(C)C)c3c(sc4ccc(C(C)(C)C)cc34)[B]c3cc4c(cc32)C(C)CCC4C)/C=C/C(C)(C)CCC(C)(C)\C=C\1. The molecule has 4 heteroatoms. The Hall–Kier alpha value is -3.76. The van der Waals surface area contributed by atoms with Gasteiger partial charge in [0.05, 0.1) is 17.8 Å². The van der Waals surface area contributed by atoms with Crippen LogP contribution >= 0.6 is 11.3 Å². The van der Waals surface area contributed by atoms with Gasteiger partial charge >= 0.3 is 0 Å². The summed E-state index contributed by atoms with van der Waals surface area (Å²) in [6, 6.07) is 12.8. The van der Waals surface area contributed by atoms with E-state index in [9.17, 15) is 0 Å². The van der Waals surface area contributed by atoms with Gasteiger partial charge in [-0.25, -0.2) is 0 Å². The van der Waals surface area contributed by atoms with Crippen LogP contribution in [0, 0.1) is 28.1 Å². The lowest BCUT2D eigenvalue weighted by atomic mass is 9.64. The molecule has 2 heterocycles. The fourth-order valence-corrected chi connectivity index (χ4v) is 11.1. The van der Waals surface area contributed by atoms with E-state index in [4.69, 9.17) is 0 Å². The van der Waals surface area contributed by atoms with Crippen molar-refractivity contribution in [2.45, 2.75) is 172 Å². The lowest BCUT2D eigenvalue weighted by Crippen LogP contribution is -2.49. The van der Waals surface area contributed by atoms with Gasteiger partial charge in [0, 0.05) is 27.2 Å². The molecule has 0 fully saturated rings. The zero-order chi connectivity index (χ0) is 45.8. The van der Waals surface area contributed by atoms with Gasteiger partial charge in [0.25, 0.3) is 0 Å². The van der Waals surface area contributed by atoms with Crippen LogP contribution < -0.4 is 20.0 Å². The lowest BCUT2D eigenvalue weighted by molar-refractivity contribution is 0.330. The van der Waals surface area contributed by atoms with Gasteiger partial charge < -0.3 is 9.80 Å². The Morgan fingerprint density at radius 3 is 2.10 bits per heavy atom. The van der Waals surface area contributed by atoms with Crippen molar-refractivity contribution in [3.63, 3.8) is 0 Å². The first kappa shape index (κ1) is 47.2. The Morgan fingerprint density at radius 2 is 1.46 bits per heavy atom. The van der Waals surface area contributed by atoms with Crippen molar-refractivity contribution in [2.75, 3.05) is 9.80 Å². The lowest BCUT2D eigenvalue weighted by Gasteiger charge is -2.44. The molecule has 2 nitrogen and oxygen atoms in total. The van der Waals surface area contributed by atoms with Crippen molar-refractivity contribution in [3.8, 4) is 0 Å². The van der Waals surface area contributed by atoms with E-state index in [0.29, 0.717) is 17.8 Å². The van der Waals surface area contributed by atoms with Crippen LogP contribution in [-0.2, 0) is 5.41 Å². The van der Waals surface area contributed by atoms with Crippen molar-refractivity contribution in [2.24, 2.45) is 28.1 Å². The van der Waals surface area contributed by atoms with Gasteiger partial charge in [-0.15, -0.1) is 11.3 Å². The van der Waals surface area contributed by atoms with Crippen molar-refractivity contribution >= 4 is 50.3 Å². The number of rotatable bonds is 6. The fraction of sp³-hybridized carbons (Fsp3) is 0.525. The van der Waals surface area contributed by atoms with E-state index in [0.717, 1.165) is 19.3 Å². The summed E-state index contributed by atoms with van der Waals surface area (Å²) in [5.74, 6) is 1.78. The molecule has 4 aliphatic rings. The summed E-state index contributed by atoms with van der Waals surface area (Å²) in [4.78, 5) is 5.53. The molecular formula is C59H80BN2S. The van der Waals surface area contributed by atoms with Gasteiger partial charge in [0.2, 0.25) is 7.28 Å². The highest BCUT2D eigenvalue weighted by Gasteiger charge is 2.37. The maximum Gasteiger partial charge on any atom is 0.210 e. The molecular weight excluding hydrogens is 780 g/mol. The monoisotopic (exact) mass is 860 g/mol. The van der Waals surface area contributed by atoms with E-state index < -0.39 is 0 Å². The number of anilines is 2. The molecule has 63 heavy (non-hydrogen) atoms. The summed E-state index contributed by atoms with van der Waals surface area (Å²) in [6.07, 6.45) is 33.1. The first-order chi connectivity index (χ1) is 29.4. The average molecular weight is 860 g/mol. The van der Waals surface area contributed by atoms with Crippen LogP contribution in [-0.4, -0.2) is 19.4 Å². The number of hydrogen-bond donors (Lipinski definition) is 0. The second-order valence-electron chi connectivity index (χ2n) is 23.8. The highest BCUT2D eigenvalue weighted by Crippen LogP contribution is 2.45. The molecule has 0 spiro atoms. The van der Waals surface area contributed by atoms with Crippen LogP contribution in [0.25, 0.3) is 10.1 Å². The molecule has 3 aliphatic carbocycles. The molecule has 0 N–H and O–H groups in total. The van der Waals surface area contributed by atoms with Crippen LogP contribution in [0.2, 0.25) is 0 Å². The van der Waals surface area contributed by atoms with E-state index in [-0.39, 0.29) is 39.7 Å². The third kappa shape index (κ3) is 10.5. The minimum absolute atomic E-state index is 0.0266. The van der Waals surface area contributed by atoms with Gasteiger partial charge in [-0.05, 0) is 148 Å². The summed E-state index contributed by atoms with van der Waals surface area (Å²) >= 11 is 1.98. The quantitative estimate of drug-likeness (QED) is 0.180. The summed E-state index contributed by atoms with van der Waals surface area (Å²) < 4.78 is 2.71. The van der Waals surface area contributed by atoms with Crippen molar-refractivity contribution in [1.29, 1.82) is 0 Å². The number of benzene rings is 2. The van der Waals surface area contributed by atoms with E-state index >= 15 is 0 Å². The molecule has 5 atom stereocenters. The van der Waals surface area contributed by atoms with Gasteiger partial charge in [-0.1, -0.05) is 170 Å². The molecule has 7 rings (SSSR count). The Labute approximate surface area is 389 Å². The molecule has 5 unspecified atom stereocenters. The van der Waals surface area contributed by atoms with Crippen molar-refractivity contribution in [3.05, 3.63) is 131 Å². The molecule has 0 saturated carbocycles. The number of fused-ring (bicyclic) bond motifs is 6. The summed E-state index contributed by atoms with van der Waals surface area (Å²) in [5.41, 5.74) is 12.4. The van der Waals surface area contributed by atoms with Crippen LogP contribution in [0.5, 0.6) is 0 Å². The van der Waals surface area contributed by atoms with Crippen LogP contribution in [0.4, 0.5) is 11.4 Å². The third-order valence-electron chi connectivity index (χ3n) is 14.3. The van der Waals surface area contributed by atoms with Crippen LogP contribution in [0.3, 0.4) is 0 Å². The maximum absolute atomic E-state index is 2.86. The van der Waals surface area contributed by atoms with E-state index in [1.807, 2.05) is 11.3 Å². The number of allylic oxidation sites excluding steroid dienone is 8. The second kappa shape index (κ2) is 17.9. The minimum Gasteiger partial charge on any atom is -0.357 e. The summed E-state index contributed by atoms with van der Waals surface area (Å²) in [5, 5.41) is 1.38. The molecule has 335 valence electrons. The summed E-state index contributed by atoms with van der Waals surface area (Å²) in [6.45, 7) is 38.0. The topological polar surface area (TPSA) is 6.48 Å². The molecule has 1 radical (unpaired) electrons. The Kier molecular flexibility index (Phi) is 13.4. The van der Waals surface area contributed by atoms with Crippen molar-refractivity contribution in [1.82, 2.24) is 0 Å². The minimum atomic E-state index is 0.0266. The van der Waals surface area contributed by atoms with Gasteiger partial charge in [0.1, 0.15) is 0 Å². The standard InChI is InChI=1S/C59H80BN2S/c1-38(2)20-21-41(5)51(27-29-56(7,8)9)62-45-19-17-18-44(35-45)61(50-28-31-59(15,16)33-32-58(13,14)30-26-42(50)6)52-37-47-40(4)23-22-39(3)46(47)36-49(52)60-55-54(62)48-34-43(57(10,11)12)24-25-53(48)63-55/h17-18,20-21,24-31,34-41,45,51H,19,22-23,32-33H2,1-16H3/b21-20+,29-27+,30-26+,31-28+,50-42+. The van der Waals surface area contributed by atoms with Crippen LogP contribution in [0.1, 0.15) is 171 Å². The Bertz CT molecular complexity index is 2390. The highest BCUT2D eigenvalue weighted by atomic mass is 32.1. The van der Waals surface area contributed by atoms with E-state index in [2.05, 4.69) is 225 Å². The smallest absolute Gasteiger partial charge is 0.210 e. The zero-order valence-electron chi connectivity index (χ0n) is 42.1. The Balaban J connectivity index is 1.61. The van der Waals surface area contributed by atoms with Crippen molar-refractivity contribution < 1.29 is 0 Å². The first-order valence-corrected chi connectivity index (χ1v) is 25.3. The molecule has 1 aromatic heterocycles. The first-order valence-electron chi connectivity index (χ1n) is 24.4. The normalized spacial score (nSPS) is 25.9.